The van der Waals surface area contributed by atoms with Crippen molar-refractivity contribution in [2.45, 2.75) is 6.54 Å². The summed E-state index contributed by atoms with van der Waals surface area (Å²) < 4.78 is 1.81. The summed E-state index contributed by atoms with van der Waals surface area (Å²) in [6, 6.07) is 9.08. The number of hydrogen-bond acceptors (Lipinski definition) is 3. The van der Waals surface area contributed by atoms with Crippen molar-refractivity contribution in [1.82, 2.24) is 15.1 Å². The third-order valence-electron chi connectivity index (χ3n) is 2.49. The highest BCUT2D eigenvalue weighted by Crippen LogP contribution is 2.11. The predicted octanol–water partition coefficient (Wildman–Crippen LogP) is 1.05. The van der Waals surface area contributed by atoms with Crippen molar-refractivity contribution in [3.05, 3.63) is 48.3 Å². The van der Waals surface area contributed by atoms with Gasteiger partial charge in [0.2, 0.25) is 0 Å². The summed E-state index contributed by atoms with van der Waals surface area (Å²) in [5, 5.41) is 18.0. The summed E-state index contributed by atoms with van der Waals surface area (Å²) in [6.07, 6.45) is 3.61. The van der Waals surface area contributed by atoms with Gasteiger partial charge in [-0.1, -0.05) is 12.1 Å². The molecule has 2 aromatic rings. The Morgan fingerprint density at radius 1 is 1.37 bits per heavy atom. The third kappa shape index (κ3) is 4.11. The Morgan fingerprint density at radius 3 is 3.00 bits per heavy atom. The minimum atomic E-state index is -0.328. The number of urea groups is 1. The molecule has 3 N–H and O–H groups in total. The second kappa shape index (κ2) is 6.55. The number of amides is 2. The van der Waals surface area contributed by atoms with Gasteiger partial charge in [-0.15, -0.1) is 0 Å². The summed E-state index contributed by atoms with van der Waals surface area (Å²) in [5.41, 5.74) is 1.75. The van der Waals surface area contributed by atoms with Gasteiger partial charge in [0.05, 0.1) is 13.2 Å². The van der Waals surface area contributed by atoms with Gasteiger partial charge in [0.15, 0.2) is 0 Å². The molecule has 100 valence electrons. The van der Waals surface area contributed by atoms with Crippen LogP contribution in [-0.4, -0.2) is 34.1 Å². The zero-order valence-corrected chi connectivity index (χ0v) is 10.4. The number of benzene rings is 1. The minimum Gasteiger partial charge on any atom is -0.395 e. The Kier molecular flexibility index (Phi) is 4.52. The van der Waals surface area contributed by atoms with E-state index in [-0.39, 0.29) is 19.2 Å². The smallest absolute Gasteiger partial charge is 0.319 e. The first-order valence-corrected chi connectivity index (χ1v) is 6.00. The number of aromatic nitrogens is 2. The molecule has 0 aliphatic carbocycles. The topological polar surface area (TPSA) is 79.2 Å². The molecule has 0 unspecified atom stereocenters. The van der Waals surface area contributed by atoms with Crippen molar-refractivity contribution in [2.75, 3.05) is 18.5 Å². The standard InChI is InChI=1S/C13H16N4O2/c18-8-6-14-13(19)16-12-4-1-3-11(9-12)10-17-7-2-5-15-17/h1-5,7,9,18H,6,8,10H2,(H2,14,16,19). The van der Waals surface area contributed by atoms with Gasteiger partial charge in [-0.25, -0.2) is 4.79 Å². The van der Waals surface area contributed by atoms with Crippen LogP contribution in [0.5, 0.6) is 0 Å². The van der Waals surface area contributed by atoms with Crippen LogP contribution < -0.4 is 10.6 Å². The lowest BCUT2D eigenvalue weighted by Gasteiger charge is -2.08. The van der Waals surface area contributed by atoms with Crippen molar-refractivity contribution in [2.24, 2.45) is 0 Å². The van der Waals surface area contributed by atoms with Crippen molar-refractivity contribution >= 4 is 11.7 Å². The lowest BCUT2D eigenvalue weighted by molar-refractivity contribution is 0.245. The quantitative estimate of drug-likeness (QED) is 0.751. The second-order valence-electron chi connectivity index (χ2n) is 4.01. The van der Waals surface area contributed by atoms with Crippen molar-refractivity contribution in [1.29, 1.82) is 0 Å². The predicted molar refractivity (Wildman–Crippen MR) is 71.9 cm³/mol. The van der Waals surface area contributed by atoms with Crippen LogP contribution in [0.25, 0.3) is 0 Å². The van der Waals surface area contributed by atoms with Crippen LogP contribution in [0.2, 0.25) is 0 Å². The maximum atomic E-state index is 11.4. The van der Waals surface area contributed by atoms with Crippen LogP contribution in [0.4, 0.5) is 10.5 Å². The van der Waals surface area contributed by atoms with E-state index in [9.17, 15) is 4.79 Å². The minimum absolute atomic E-state index is 0.0766. The van der Waals surface area contributed by atoms with E-state index in [1.54, 1.807) is 6.20 Å². The second-order valence-corrected chi connectivity index (χ2v) is 4.01. The van der Waals surface area contributed by atoms with Gasteiger partial charge >= 0.3 is 6.03 Å². The molecular weight excluding hydrogens is 244 g/mol. The summed E-state index contributed by atoms with van der Waals surface area (Å²) in [6.45, 7) is 0.812. The average molecular weight is 260 g/mol. The molecule has 0 spiro atoms. The van der Waals surface area contributed by atoms with Crippen LogP contribution in [0, 0.1) is 0 Å². The van der Waals surface area contributed by atoms with Gasteiger partial charge in [-0.05, 0) is 23.8 Å². The van der Waals surface area contributed by atoms with Crippen LogP contribution in [0.1, 0.15) is 5.56 Å². The van der Waals surface area contributed by atoms with Gasteiger partial charge in [-0.2, -0.15) is 5.10 Å². The Labute approximate surface area is 111 Å². The first kappa shape index (κ1) is 13.1. The average Bonchev–Trinajstić information content (AvgIpc) is 2.89. The normalized spacial score (nSPS) is 10.2. The molecule has 0 atom stereocenters. The monoisotopic (exact) mass is 260 g/mol. The van der Waals surface area contributed by atoms with Gasteiger partial charge in [-0.3, -0.25) is 4.68 Å². The molecule has 0 saturated carbocycles. The molecule has 6 nitrogen and oxygen atoms in total. The highest BCUT2D eigenvalue weighted by molar-refractivity contribution is 5.89. The lowest BCUT2D eigenvalue weighted by atomic mass is 10.2. The molecule has 6 heteroatoms. The van der Waals surface area contributed by atoms with Crippen LogP contribution in [0.15, 0.2) is 42.7 Å². The van der Waals surface area contributed by atoms with E-state index < -0.39 is 0 Å². The molecule has 0 aliphatic heterocycles. The molecule has 0 aliphatic rings. The van der Waals surface area contributed by atoms with Crippen molar-refractivity contribution in [3.63, 3.8) is 0 Å². The number of rotatable bonds is 5. The lowest BCUT2D eigenvalue weighted by Crippen LogP contribution is -2.30. The first-order chi connectivity index (χ1) is 9.28. The molecule has 19 heavy (non-hydrogen) atoms. The highest BCUT2D eigenvalue weighted by Gasteiger charge is 2.02. The first-order valence-electron chi connectivity index (χ1n) is 6.00. The molecule has 0 saturated heterocycles. The number of carbonyl (C=O) groups is 1. The zero-order valence-electron chi connectivity index (χ0n) is 10.4. The fourth-order valence-electron chi connectivity index (χ4n) is 1.67. The van der Waals surface area contributed by atoms with Gasteiger partial charge in [0, 0.05) is 24.6 Å². The third-order valence-corrected chi connectivity index (χ3v) is 2.49. The number of nitrogens with zero attached hydrogens (tertiary/aromatic N) is 2. The van der Waals surface area contributed by atoms with E-state index in [0.29, 0.717) is 12.2 Å². The maximum Gasteiger partial charge on any atom is 0.319 e. The van der Waals surface area contributed by atoms with Gasteiger partial charge < -0.3 is 15.7 Å². The molecule has 2 rings (SSSR count). The summed E-state index contributed by atoms with van der Waals surface area (Å²) >= 11 is 0. The zero-order chi connectivity index (χ0) is 13.5. The summed E-state index contributed by atoms with van der Waals surface area (Å²) in [7, 11) is 0. The van der Waals surface area contributed by atoms with E-state index in [1.807, 2.05) is 41.2 Å². The van der Waals surface area contributed by atoms with Crippen molar-refractivity contribution in [3.8, 4) is 0 Å². The molecule has 1 aromatic heterocycles. The number of hydrogen-bond donors (Lipinski definition) is 3. The van der Waals surface area contributed by atoms with Crippen molar-refractivity contribution < 1.29 is 9.90 Å². The molecular formula is C13H16N4O2. The summed E-state index contributed by atoms with van der Waals surface area (Å²) in [4.78, 5) is 11.4. The highest BCUT2D eigenvalue weighted by atomic mass is 16.3. The Morgan fingerprint density at radius 2 is 2.26 bits per heavy atom. The fourth-order valence-corrected chi connectivity index (χ4v) is 1.67. The Balaban J connectivity index is 1.97. The number of nitrogens with one attached hydrogen (secondary N) is 2. The van der Waals surface area contributed by atoms with E-state index in [4.69, 9.17) is 5.11 Å². The van der Waals surface area contributed by atoms with Gasteiger partial charge in [0.1, 0.15) is 0 Å². The van der Waals surface area contributed by atoms with Crippen LogP contribution in [0.3, 0.4) is 0 Å². The van der Waals surface area contributed by atoms with Crippen LogP contribution in [-0.2, 0) is 6.54 Å². The number of aliphatic hydroxyl groups is 1. The maximum absolute atomic E-state index is 11.4. The number of aliphatic hydroxyl groups excluding tert-OH is 1. The van der Waals surface area contributed by atoms with E-state index in [1.165, 1.54) is 0 Å². The molecule has 1 aromatic carbocycles. The Hall–Kier alpha value is -2.34. The molecule has 0 fully saturated rings. The van der Waals surface area contributed by atoms with E-state index >= 15 is 0 Å². The van der Waals surface area contributed by atoms with Gasteiger partial charge in [0.25, 0.3) is 0 Å². The SMILES string of the molecule is O=C(NCCO)Nc1cccc(Cn2cccn2)c1. The Bertz CT molecular complexity index is 525. The van der Waals surface area contributed by atoms with E-state index in [0.717, 1.165) is 5.56 Å². The molecule has 0 bridgehead atoms. The number of anilines is 1. The fraction of sp³-hybridized carbons (Fsp3) is 0.231. The molecule has 2 amide bonds. The number of carbonyl (C=O) groups excluding carboxylic acids is 1. The summed E-state index contributed by atoms with van der Waals surface area (Å²) in [5.74, 6) is 0. The largest absolute Gasteiger partial charge is 0.395 e. The van der Waals surface area contributed by atoms with E-state index in [2.05, 4.69) is 15.7 Å². The molecule has 1 heterocycles. The van der Waals surface area contributed by atoms with Crippen LogP contribution >= 0.6 is 0 Å². The molecule has 0 radical (unpaired) electrons.